The van der Waals surface area contributed by atoms with Gasteiger partial charge < -0.3 is 0 Å². The summed E-state index contributed by atoms with van der Waals surface area (Å²) in [5.74, 6) is 0. The maximum Gasteiger partial charge on any atom is -0.00262 e. The monoisotopic (exact) mass is 524 g/mol. The van der Waals surface area contributed by atoms with E-state index in [1.807, 2.05) is 0 Å². The summed E-state index contributed by atoms with van der Waals surface area (Å²) in [4.78, 5) is 0. The number of hydrogen-bond donors (Lipinski definition) is 0. The highest BCUT2D eigenvalue weighted by Crippen LogP contribution is 2.44. The lowest BCUT2D eigenvalue weighted by molar-refractivity contribution is 0.871. The first-order chi connectivity index (χ1) is 19.3. The quantitative estimate of drug-likeness (QED) is 0.130. The van der Waals surface area contributed by atoms with Crippen molar-refractivity contribution in [1.29, 1.82) is 0 Å². The van der Waals surface area contributed by atoms with Crippen LogP contribution in [0.3, 0.4) is 0 Å². The Bertz CT molecular complexity index is 1660. The van der Waals surface area contributed by atoms with Gasteiger partial charge in [0.2, 0.25) is 0 Å². The first-order valence-corrected chi connectivity index (χ1v) is 16.3. The topological polar surface area (TPSA) is 0 Å². The molecule has 0 atom stereocenters. The zero-order valence-corrected chi connectivity index (χ0v) is 24.1. The van der Waals surface area contributed by atoms with Gasteiger partial charge in [0.05, 0.1) is 0 Å². The van der Waals surface area contributed by atoms with Gasteiger partial charge in [-0.2, -0.15) is 0 Å². The van der Waals surface area contributed by atoms with Crippen molar-refractivity contribution < 1.29 is 0 Å². The lowest BCUT2D eigenvalue weighted by atomic mass is 9.85. The van der Waals surface area contributed by atoms with E-state index in [9.17, 15) is 0 Å². The van der Waals surface area contributed by atoms with Crippen molar-refractivity contribution >= 4 is 45.5 Å². The Morgan fingerprint density at radius 3 is 1.46 bits per heavy atom. The molecular formula is C38H37P. The molecule has 0 aromatic heterocycles. The smallest absolute Gasteiger partial charge is 0.00262 e. The fourth-order valence-corrected chi connectivity index (χ4v) is 8.71. The molecule has 0 N–H and O–H groups in total. The first kappa shape index (κ1) is 25.8. The van der Waals surface area contributed by atoms with Crippen molar-refractivity contribution in [2.75, 3.05) is 12.3 Å². The predicted octanol–water partition coefficient (Wildman–Crippen LogP) is 11.2. The molecule has 0 saturated heterocycles. The highest BCUT2D eigenvalue weighted by molar-refractivity contribution is 7.65. The van der Waals surface area contributed by atoms with Gasteiger partial charge in [0.1, 0.15) is 0 Å². The number of unbranched alkanes of at least 4 members (excludes halogenated alkanes) is 2. The molecular weight excluding hydrogens is 487 g/mol. The lowest BCUT2D eigenvalue weighted by Gasteiger charge is -2.20. The molecule has 6 aromatic carbocycles. The van der Waals surface area contributed by atoms with Crippen LogP contribution in [0.25, 0.3) is 54.6 Å². The van der Waals surface area contributed by atoms with Gasteiger partial charge in [-0.3, -0.25) is 0 Å². The second-order valence-electron chi connectivity index (χ2n) is 10.6. The fraction of sp³-hybridized carbons (Fsp3) is 0.211. The van der Waals surface area contributed by atoms with E-state index in [0.29, 0.717) is 0 Å². The van der Waals surface area contributed by atoms with Crippen molar-refractivity contribution in [3.05, 3.63) is 115 Å². The molecule has 39 heavy (non-hydrogen) atoms. The summed E-state index contributed by atoms with van der Waals surface area (Å²) in [6, 6.07) is 43.2. The van der Waals surface area contributed by atoms with Gasteiger partial charge in [0, 0.05) is 0 Å². The summed E-state index contributed by atoms with van der Waals surface area (Å²) >= 11 is 0. The molecule has 0 aliphatic rings. The Labute approximate surface area is 234 Å². The van der Waals surface area contributed by atoms with Gasteiger partial charge >= 0.3 is 0 Å². The summed E-state index contributed by atoms with van der Waals surface area (Å²) in [7, 11) is -0.0682. The van der Waals surface area contributed by atoms with Crippen LogP contribution in [0.4, 0.5) is 0 Å². The molecule has 0 spiro atoms. The van der Waals surface area contributed by atoms with Gasteiger partial charge in [-0.1, -0.05) is 144 Å². The third-order valence-corrected chi connectivity index (χ3v) is 10.8. The van der Waals surface area contributed by atoms with Crippen LogP contribution in [0.15, 0.2) is 115 Å². The zero-order chi connectivity index (χ0) is 26.6. The first-order valence-electron chi connectivity index (χ1n) is 14.6. The van der Waals surface area contributed by atoms with Gasteiger partial charge in [0.25, 0.3) is 0 Å². The summed E-state index contributed by atoms with van der Waals surface area (Å²) in [5, 5.41) is 9.42. The van der Waals surface area contributed by atoms with Crippen LogP contribution < -0.4 is 5.30 Å². The average molecular weight is 525 g/mol. The van der Waals surface area contributed by atoms with E-state index in [4.69, 9.17) is 0 Å². The highest BCUT2D eigenvalue weighted by Gasteiger charge is 2.17. The maximum atomic E-state index is 2.44. The molecule has 0 bridgehead atoms. The Hall–Kier alpha value is -3.47. The zero-order valence-electron chi connectivity index (χ0n) is 23.2. The predicted molar refractivity (Wildman–Crippen MR) is 176 cm³/mol. The molecule has 1 heteroatoms. The molecule has 0 aliphatic carbocycles. The minimum Gasteiger partial charge on any atom is -0.0753 e. The second-order valence-corrected chi connectivity index (χ2v) is 13.1. The second kappa shape index (κ2) is 11.7. The molecule has 6 aromatic rings. The molecule has 0 saturated carbocycles. The van der Waals surface area contributed by atoms with Crippen LogP contribution in [-0.2, 0) is 0 Å². The molecule has 0 nitrogen and oxygen atoms in total. The molecule has 0 unspecified atom stereocenters. The van der Waals surface area contributed by atoms with Crippen LogP contribution >= 0.6 is 7.92 Å². The normalized spacial score (nSPS) is 11.7. The summed E-state index contributed by atoms with van der Waals surface area (Å²) in [5.41, 5.74) is 5.27. The van der Waals surface area contributed by atoms with E-state index in [-0.39, 0.29) is 7.92 Å². The van der Waals surface area contributed by atoms with E-state index in [1.54, 1.807) is 5.30 Å². The van der Waals surface area contributed by atoms with E-state index < -0.39 is 0 Å². The fourth-order valence-electron chi connectivity index (χ4n) is 6.00. The minimum absolute atomic E-state index is 0.0682. The van der Waals surface area contributed by atoms with Gasteiger partial charge in [-0.05, 0) is 91.1 Å². The van der Waals surface area contributed by atoms with E-state index in [0.717, 1.165) is 0 Å². The number of fused-ring (bicyclic) bond motifs is 3. The molecule has 6 rings (SSSR count). The summed E-state index contributed by atoms with van der Waals surface area (Å²) < 4.78 is 0. The van der Waals surface area contributed by atoms with Crippen molar-refractivity contribution in [3.63, 3.8) is 0 Å². The van der Waals surface area contributed by atoms with Crippen molar-refractivity contribution in [1.82, 2.24) is 0 Å². The van der Waals surface area contributed by atoms with Gasteiger partial charge in [-0.25, -0.2) is 0 Å². The van der Waals surface area contributed by atoms with E-state index in [1.165, 1.54) is 92.6 Å². The third-order valence-electron chi connectivity index (χ3n) is 8.05. The van der Waals surface area contributed by atoms with Crippen LogP contribution in [-0.4, -0.2) is 12.3 Å². The highest BCUT2D eigenvalue weighted by atomic mass is 31.1. The summed E-state index contributed by atoms with van der Waals surface area (Å²) in [6.45, 7) is 4.63. The maximum absolute atomic E-state index is 2.44. The Morgan fingerprint density at radius 2 is 0.923 bits per heavy atom. The van der Waals surface area contributed by atoms with Gasteiger partial charge in [0.15, 0.2) is 0 Å². The number of benzene rings is 6. The number of hydrogen-bond acceptors (Lipinski definition) is 0. The van der Waals surface area contributed by atoms with Crippen LogP contribution in [0.2, 0.25) is 0 Å². The Kier molecular flexibility index (Phi) is 7.76. The van der Waals surface area contributed by atoms with E-state index >= 15 is 0 Å². The molecule has 0 aliphatic heterocycles. The minimum atomic E-state index is -0.0682. The van der Waals surface area contributed by atoms with E-state index in [2.05, 4.69) is 129 Å². The van der Waals surface area contributed by atoms with Crippen LogP contribution in [0.5, 0.6) is 0 Å². The molecule has 194 valence electrons. The number of rotatable bonds is 9. The summed E-state index contributed by atoms with van der Waals surface area (Å²) in [6.07, 6.45) is 7.95. The Morgan fingerprint density at radius 1 is 0.462 bits per heavy atom. The third kappa shape index (κ3) is 5.11. The Balaban J connectivity index is 1.53. The van der Waals surface area contributed by atoms with Gasteiger partial charge in [-0.15, -0.1) is 0 Å². The largest absolute Gasteiger partial charge is 0.0753 e. The van der Waals surface area contributed by atoms with Crippen molar-refractivity contribution in [2.45, 2.75) is 39.5 Å². The van der Waals surface area contributed by atoms with Crippen LogP contribution in [0.1, 0.15) is 39.5 Å². The molecule has 0 heterocycles. The lowest BCUT2D eigenvalue weighted by Crippen LogP contribution is -2.06. The average Bonchev–Trinajstić information content (AvgIpc) is 3.00. The standard InChI is InChI=1S/C38H37P/c1-3-5-25-39(26-6-4-2)32-23-21-29(22-24-32)37-33-15-9-11-17-35(33)38(36-18-12-10-16-34(36)37)31-20-19-28-13-7-8-14-30(28)27-31/h7-24,27H,3-6,25-26H2,1-2H3. The molecule has 0 amide bonds. The SMILES string of the molecule is CCCCP(CCCC)c1ccc(-c2c3ccccc3c(-c3ccc4ccccc4c3)c3ccccc23)cc1. The van der Waals surface area contributed by atoms with Crippen molar-refractivity contribution in [2.24, 2.45) is 0 Å². The molecule has 0 radical (unpaired) electrons. The molecule has 0 fully saturated rings. The van der Waals surface area contributed by atoms with Crippen LogP contribution in [0, 0.1) is 0 Å². The van der Waals surface area contributed by atoms with Crippen molar-refractivity contribution in [3.8, 4) is 22.3 Å².